The van der Waals surface area contributed by atoms with Crippen molar-refractivity contribution < 1.29 is 0 Å². The Morgan fingerprint density at radius 3 is 2.25 bits per heavy atom. The van der Waals surface area contributed by atoms with Crippen molar-refractivity contribution in [2.24, 2.45) is 0 Å². The first-order valence-electron chi connectivity index (χ1n) is 4.43. The summed E-state index contributed by atoms with van der Waals surface area (Å²) in [4.78, 5) is 0. The molecule has 0 saturated carbocycles. The standard InChI is InChI=1S/C11H15B/c1-9(2)11-6-4-10(5-7-11)8-12-3/h4-7,9H,3,8H2,1-2H3. The Bertz CT molecular complexity index is 246. The zero-order valence-electron chi connectivity index (χ0n) is 7.88. The first-order chi connectivity index (χ1) is 5.74. The van der Waals surface area contributed by atoms with Gasteiger partial charge in [-0.05, 0) is 0 Å². The Hall–Kier alpha value is -0.845. The van der Waals surface area contributed by atoms with Crippen LogP contribution in [0.2, 0.25) is 0 Å². The second kappa shape index (κ2) is 4.25. The van der Waals surface area contributed by atoms with Crippen LogP contribution in [0.3, 0.4) is 0 Å². The first kappa shape index (κ1) is 9.24. The topological polar surface area (TPSA) is 0 Å². The van der Waals surface area contributed by atoms with Crippen LogP contribution >= 0.6 is 0 Å². The van der Waals surface area contributed by atoms with Gasteiger partial charge in [0.1, 0.15) is 0 Å². The van der Waals surface area contributed by atoms with Gasteiger partial charge in [-0.1, -0.05) is 0 Å². The monoisotopic (exact) mass is 158 g/mol. The summed E-state index contributed by atoms with van der Waals surface area (Å²) < 4.78 is 0. The van der Waals surface area contributed by atoms with Crippen molar-refractivity contribution in [1.29, 1.82) is 0 Å². The van der Waals surface area contributed by atoms with Crippen LogP contribution < -0.4 is 0 Å². The SMILES string of the molecule is C=BCc1ccc(C(C)C)cc1. The Morgan fingerprint density at radius 1 is 1.25 bits per heavy atom. The van der Waals surface area contributed by atoms with E-state index >= 15 is 0 Å². The van der Waals surface area contributed by atoms with Crippen molar-refractivity contribution in [2.75, 3.05) is 0 Å². The van der Waals surface area contributed by atoms with E-state index in [1.807, 2.05) is 6.92 Å². The minimum atomic E-state index is 0.628. The van der Waals surface area contributed by atoms with Crippen LogP contribution in [-0.2, 0) is 6.32 Å². The van der Waals surface area contributed by atoms with Gasteiger partial charge in [0.2, 0.25) is 0 Å². The van der Waals surface area contributed by atoms with Gasteiger partial charge in [0.15, 0.2) is 0 Å². The summed E-state index contributed by atoms with van der Waals surface area (Å²) in [5.74, 6) is 0.628. The minimum absolute atomic E-state index is 0.628. The maximum atomic E-state index is 3.71. The molecule has 0 aliphatic carbocycles. The summed E-state index contributed by atoms with van der Waals surface area (Å²) in [5, 5.41) is 0. The van der Waals surface area contributed by atoms with E-state index in [1.54, 1.807) is 0 Å². The Kier molecular flexibility index (Phi) is 3.27. The van der Waals surface area contributed by atoms with Crippen LogP contribution in [0, 0.1) is 0 Å². The quantitative estimate of drug-likeness (QED) is 0.592. The van der Waals surface area contributed by atoms with Crippen molar-refractivity contribution in [1.82, 2.24) is 0 Å². The molecule has 0 radical (unpaired) electrons. The molecule has 1 aromatic carbocycles. The van der Waals surface area contributed by atoms with Gasteiger partial charge in [0, 0.05) is 0 Å². The summed E-state index contributed by atoms with van der Waals surface area (Å²) in [6.45, 7) is 10.1. The van der Waals surface area contributed by atoms with E-state index < -0.39 is 0 Å². The summed E-state index contributed by atoms with van der Waals surface area (Å²) >= 11 is 0. The average Bonchev–Trinajstić information content (AvgIpc) is 2.06. The summed E-state index contributed by atoms with van der Waals surface area (Å²) in [6, 6.07) is 8.75. The van der Waals surface area contributed by atoms with E-state index in [0.29, 0.717) is 5.92 Å². The van der Waals surface area contributed by atoms with Crippen molar-refractivity contribution in [3.63, 3.8) is 0 Å². The molecule has 12 heavy (non-hydrogen) atoms. The molecule has 0 N–H and O–H groups in total. The van der Waals surface area contributed by atoms with E-state index in [9.17, 15) is 0 Å². The third-order valence-electron chi connectivity index (χ3n) is 2.03. The van der Waals surface area contributed by atoms with E-state index in [0.717, 1.165) is 6.32 Å². The Morgan fingerprint density at radius 2 is 1.83 bits per heavy atom. The van der Waals surface area contributed by atoms with Crippen LogP contribution in [0.15, 0.2) is 24.3 Å². The zero-order valence-corrected chi connectivity index (χ0v) is 7.88. The van der Waals surface area contributed by atoms with Gasteiger partial charge < -0.3 is 0 Å². The van der Waals surface area contributed by atoms with Gasteiger partial charge in [-0.2, -0.15) is 0 Å². The second-order valence-electron chi connectivity index (χ2n) is 3.39. The molecule has 0 nitrogen and oxygen atoms in total. The molecule has 62 valence electrons. The molecule has 0 bridgehead atoms. The summed E-state index contributed by atoms with van der Waals surface area (Å²) in [5.41, 5.74) is 2.75. The predicted octanol–water partition coefficient (Wildman–Crippen LogP) is 2.45. The van der Waals surface area contributed by atoms with Crippen LogP contribution in [0.1, 0.15) is 30.9 Å². The molecule has 0 unspecified atom stereocenters. The molecule has 0 atom stereocenters. The molecule has 0 aromatic heterocycles. The molecule has 0 aliphatic heterocycles. The molecule has 0 fully saturated rings. The second-order valence-corrected chi connectivity index (χ2v) is 3.39. The molecule has 1 heteroatoms. The molecular formula is C11H15B. The van der Waals surface area contributed by atoms with Crippen LogP contribution in [0.4, 0.5) is 0 Å². The van der Waals surface area contributed by atoms with Gasteiger partial charge in [-0.3, -0.25) is 0 Å². The third kappa shape index (κ3) is 2.33. The van der Waals surface area contributed by atoms with Crippen molar-refractivity contribution >= 4 is 13.4 Å². The van der Waals surface area contributed by atoms with Gasteiger partial charge in [0.05, 0.1) is 0 Å². The van der Waals surface area contributed by atoms with Crippen LogP contribution in [0.5, 0.6) is 0 Å². The van der Waals surface area contributed by atoms with Crippen molar-refractivity contribution in [3.8, 4) is 0 Å². The van der Waals surface area contributed by atoms with E-state index in [2.05, 4.69) is 44.6 Å². The number of hydrogen-bond acceptors (Lipinski definition) is 0. The van der Waals surface area contributed by atoms with Crippen molar-refractivity contribution in [2.45, 2.75) is 26.1 Å². The van der Waals surface area contributed by atoms with Gasteiger partial charge in [0.25, 0.3) is 0 Å². The fourth-order valence-electron chi connectivity index (χ4n) is 1.21. The normalized spacial score (nSPS) is 9.92. The fourth-order valence-corrected chi connectivity index (χ4v) is 1.21. The van der Waals surface area contributed by atoms with Crippen LogP contribution in [0.25, 0.3) is 0 Å². The molecule has 0 amide bonds. The Labute approximate surface area is 75.5 Å². The molecule has 1 aromatic rings. The molecule has 0 saturated heterocycles. The summed E-state index contributed by atoms with van der Waals surface area (Å²) in [7, 11) is 0. The third-order valence-corrected chi connectivity index (χ3v) is 2.03. The van der Waals surface area contributed by atoms with Gasteiger partial charge in [-0.25, -0.2) is 0 Å². The number of rotatable bonds is 3. The van der Waals surface area contributed by atoms with E-state index in [1.165, 1.54) is 11.1 Å². The summed E-state index contributed by atoms with van der Waals surface area (Å²) in [6.07, 6.45) is 0.971. The first-order valence-corrected chi connectivity index (χ1v) is 4.43. The predicted molar refractivity (Wildman–Crippen MR) is 57.1 cm³/mol. The Balaban J connectivity index is 2.78. The van der Waals surface area contributed by atoms with Crippen LogP contribution in [-0.4, -0.2) is 13.4 Å². The van der Waals surface area contributed by atoms with Gasteiger partial charge in [-0.15, -0.1) is 0 Å². The number of benzene rings is 1. The zero-order chi connectivity index (χ0) is 8.97. The van der Waals surface area contributed by atoms with E-state index in [-0.39, 0.29) is 0 Å². The van der Waals surface area contributed by atoms with E-state index in [4.69, 9.17) is 0 Å². The average molecular weight is 158 g/mol. The molecular weight excluding hydrogens is 143 g/mol. The van der Waals surface area contributed by atoms with Gasteiger partial charge >= 0.3 is 74.9 Å². The molecule has 0 heterocycles. The molecule has 1 rings (SSSR count). The number of hydrogen-bond donors (Lipinski definition) is 0. The molecule has 0 spiro atoms. The molecule has 0 aliphatic rings. The van der Waals surface area contributed by atoms with Crippen molar-refractivity contribution in [3.05, 3.63) is 35.4 Å². The fraction of sp³-hybridized carbons (Fsp3) is 0.364. The maximum absolute atomic E-state index is 3.71.